The van der Waals surface area contributed by atoms with Crippen molar-refractivity contribution >= 4 is 29.2 Å². The first-order chi connectivity index (χ1) is 14.1. The van der Waals surface area contributed by atoms with Gasteiger partial charge in [0.05, 0.1) is 22.7 Å². The predicted octanol–water partition coefficient (Wildman–Crippen LogP) is 2.31. The third-order valence-electron chi connectivity index (χ3n) is 3.70. The summed E-state index contributed by atoms with van der Waals surface area (Å²) in [5.41, 5.74) is -0.890. The first-order valence-electron chi connectivity index (χ1n) is 8.26. The molecule has 0 aliphatic heterocycles. The number of carbonyl (C=O) groups excluding carboxylic acids is 3. The molecule has 30 heavy (non-hydrogen) atoms. The zero-order valence-electron chi connectivity index (χ0n) is 15.3. The number of nitrogens with one attached hydrogen (secondary N) is 2. The number of ether oxygens (including phenoxy) is 1. The van der Waals surface area contributed by atoms with Crippen molar-refractivity contribution in [3.63, 3.8) is 0 Å². The predicted molar refractivity (Wildman–Crippen MR) is 95.9 cm³/mol. The fourth-order valence-corrected chi connectivity index (χ4v) is 2.13. The number of non-ortho nitro benzene ring substituents is 1. The Hall–Kier alpha value is -3.96. The molecular weight excluding hydrogens is 411 g/mol. The van der Waals surface area contributed by atoms with Crippen molar-refractivity contribution in [3.05, 3.63) is 69.5 Å². The van der Waals surface area contributed by atoms with Crippen LogP contribution >= 0.6 is 0 Å². The monoisotopic (exact) mass is 425 g/mol. The van der Waals surface area contributed by atoms with Gasteiger partial charge in [-0.2, -0.15) is 0 Å². The van der Waals surface area contributed by atoms with Gasteiger partial charge in [-0.25, -0.2) is 18.0 Å². The molecule has 1 atom stereocenters. The molecule has 0 saturated carbocycles. The third kappa shape index (κ3) is 5.53. The molecule has 2 aromatic carbocycles. The molecule has 0 aliphatic rings. The molecule has 0 saturated heterocycles. The lowest BCUT2D eigenvalue weighted by molar-refractivity contribution is -0.384. The SMILES string of the molecule is CC(OC(=O)c1ccc([N+](=O)[O-])cc1)C(=O)NCC(=O)Nc1ccc(F)c(F)c1F. The molecule has 2 rings (SSSR count). The number of carbonyl (C=O) groups is 3. The van der Waals surface area contributed by atoms with Gasteiger partial charge in [0.25, 0.3) is 11.6 Å². The minimum absolute atomic E-state index is 0.0354. The van der Waals surface area contributed by atoms with E-state index in [1.807, 2.05) is 5.32 Å². The summed E-state index contributed by atoms with van der Waals surface area (Å²) in [7, 11) is 0. The molecule has 12 heteroatoms. The fourth-order valence-electron chi connectivity index (χ4n) is 2.13. The Labute approximate surface area is 167 Å². The third-order valence-corrected chi connectivity index (χ3v) is 3.70. The highest BCUT2D eigenvalue weighted by Gasteiger charge is 2.21. The van der Waals surface area contributed by atoms with Gasteiger partial charge in [-0.3, -0.25) is 19.7 Å². The molecule has 2 N–H and O–H groups in total. The Bertz CT molecular complexity index is 997. The Kier molecular flexibility index (Phi) is 7.07. The van der Waals surface area contributed by atoms with Gasteiger partial charge in [-0.1, -0.05) is 0 Å². The van der Waals surface area contributed by atoms with Gasteiger partial charge in [-0.05, 0) is 31.2 Å². The van der Waals surface area contributed by atoms with E-state index in [1.165, 1.54) is 6.92 Å². The zero-order chi connectivity index (χ0) is 22.4. The fraction of sp³-hybridized carbons (Fsp3) is 0.167. The van der Waals surface area contributed by atoms with E-state index < -0.39 is 58.5 Å². The van der Waals surface area contributed by atoms with Crippen LogP contribution in [0.1, 0.15) is 17.3 Å². The van der Waals surface area contributed by atoms with Crippen molar-refractivity contribution in [1.82, 2.24) is 5.32 Å². The van der Waals surface area contributed by atoms with Gasteiger partial charge in [0.1, 0.15) is 0 Å². The van der Waals surface area contributed by atoms with Crippen LogP contribution in [0.3, 0.4) is 0 Å². The lowest BCUT2D eigenvalue weighted by Gasteiger charge is -2.13. The largest absolute Gasteiger partial charge is 0.449 e. The average molecular weight is 425 g/mol. The number of hydrogen-bond donors (Lipinski definition) is 2. The summed E-state index contributed by atoms with van der Waals surface area (Å²) in [5.74, 6) is -7.53. The van der Waals surface area contributed by atoms with Crippen molar-refractivity contribution in [2.75, 3.05) is 11.9 Å². The number of nitro benzene ring substituents is 1. The van der Waals surface area contributed by atoms with Crippen LogP contribution in [0.5, 0.6) is 0 Å². The number of nitrogens with zero attached hydrogens (tertiary/aromatic N) is 1. The number of esters is 1. The lowest BCUT2D eigenvalue weighted by atomic mass is 10.2. The van der Waals surface area contributed by atoms with Gasteiger partial charge in [-0.15, -0.1) is 0 Å². The summed E-state index contributed by atoms with van der Waals surface area (Å²) in [4.78, 5) is 45.6. The van der Waals surface area contributed by atoms with Crippen LogP contribution in [0.2, 0.25) is 0 Å². The molecule has 1 unspecified atom stereocenters. The normalized spacial score (nSPS) is 11.3. The quantitative estimate of drug-likeness (QED) is 0.303. The number of hydrogen-bond acceptors (Lipinski definition) is 6. The van der Waals surface area contributed by atoms with E-state index >= 15 is 0 Å². The molecule has 0 aromatic heterocycles. The van der Waals surface area contributed by atoms with Crippen molar-refractivity contribution in [2.45, 2.75) is 13.0 Å². The molecular formula is C18H14F3N3O6. The minimum Gasteiger partial charge on any atom is -0.449 e. The summed E-state index contributed by atoms with van der Waals surface area (Å²) in [6.07, 6.45) is -1.33. The molecule has 158 valence electrons. The van der Waals surface area contributed by atoms with Gasteiger partial charge >= 0.3 is 5.97 Å². The molecule has 2 amide bonds. The highest BCUT2D eigenvalue weighted by molar-refractivity contribution is 5.96. The maximum absolute atomic E-state index is 13.5. The van der Waals surface area contributed by atoms with Crippen LogP contribution < -0.4 is 10.6 Å². The minimum atomic E-state index is -1.76. The van der Waals surface area contributed by atoms with Crippen molar-refractivity contribution in [3.8, 4) is 0 Å². The highest BCUT2D eigenvalue weighted by atomic mass is 19.2. The summed E-state index contributed by atoms with van der Waals surface area (Å²) in [6.45, 7) is 0.544. The smallest absolute Gasteiger partial charge is 0.338 e. The second-order valence-corrected chi connectivity index (χ2v) is 5.84. The van der Waals surface area contributed by atoms with Crippen molar-refractivity contribution < 1.29 is 37.2 Å². The highest BCUT2D eigenvalue weighted by Crippen LogP contribution is 2.19. The number of halogens is 3. The van der Waals surface area contributed by atoms with E-state index in [2.05, 4.69) is 5.32 Å². The van der Waals surface area contributed by atoms with E-state index in [0.717, 1.165) is 30.3 Å². The van der Waals surface area contributed by atoms with E-state index in [1.54, 1.807) is 0 Å². The number of rotatable bonds is 7. The molecule has 0 spiro atoms. The maximum Gasteiger partial charge on any atom is 0.338 e. The van der Waals surface area contributed by atoms with Crippen LogP contribution in [-0.4, -0.2) is 35.4 Å². The number of nitro groups is 1. The topological polar surface area (TPSA) is 128 Å². The Balaban J connectivity index is 1.86. The Morgan fingerprint density at radius 1 is 1.07 bits per heavy atom. The second-order valence-electron chi connectivity index (χ2n) is 5.84. The van der Waals surface area contributed by atoms with E-state index in [4.69, 9.17) is 4.74 Å². The summed E-state index contributed by atoms with van der Waals surface area (Å²) >= 11 is 0. The Morgan fingerprint density at radius 3 is 2.30 bits per heavy atom. The zero-order valence-corrected chi connectivity index (χ0v) is 15.3. The molecule has 0 fully saturated rings. The maximum atomic E-state index is 13.5. The van der Waals surface area contributed by atoms with E-state index in [9.17, 15) is 37.7 Å². The lowest BCUT2D eigenvalue weighted by Crippen LogP contribution is -2.40. The standard InChI is InChI=1S/C18H14F3N3O6/c1-9(30-18(27)10-2-4-11(5-3-10)24(28)29)17(26)22-8-14(25)23-13-7-6-12(19)15(20)16(13)21/h2-7,9H,8H2,1H3,(H,22,26)(H,23,25). The summed E-state index contributed by atoms with van der Waals surface area (Å²) in [5, 5.41) is 14.7. The van der Waals surface area contributed by atoms with Crippen molar-refractivity contribution in [2.24, 2.45) is 0 Å². The van der Waals surface area contributed by atoms with Gasteiger partial charge in [0, 0.05) is 12.1 Å². The average Bonchev–Trinajstić information content (AvgIpc) is 2.72. The molecule has 2 aromatic rings. The van der Waals surface area contributed by atoms with Crippen LogP contribution in [0.15, 0.2) is 36.4 Å². The van der Waals surface area contributed by atoms with Gasteiger partial charge in [0.15, 0.2) is 23.6 Å². The second kappa shape index (κ2) is 9.49. The van der Waals surface area contributed by atoms with E-state index in [-0.39, 0.29) is 11.3 Å². The number of amides is 2. The molecule has 0 radical (unpaired) electrons. The van der Waals surface area contributed by atoms with Crippen LogP contribution in [0.25, 0.3) is 0 Å². The summed E-state index contributed by atoms with van der Waals surface area (Å²) < 4.78 is 44.4. The van der Waals surface area contributed by atoms with Crippen LogP contribution in [0, 0.1) is 27.6 Å². The molecule has 0 bridgehead atoms. The van der Waals surface area contributed by atoms with Gasteiger partial charge in [0.2, 0.25) is 5.91 Å². The Morgan fingerprint density at radius 2 is 1.70 bits per heavy atom. The first kappa shape index (κ1) is 22.3. The molecule has 0 aliphatic carbocycles. The van der Waals surface area contributed by atoms with Gasteiger partial charge < -0.3 is 15.4 Å². The number of benzene rings is 2. The summed E-state index contributed by atoms with van der Waals surface area (Å²) in [6, 6.07) is 5.89. The van der Waals surface area contributed by atoms with Crippen LogP contribution in [0.4, 0.5) is 24.5 Å². The number of anilines is 1. The van der Waals surface area contributed by atoms with Crippen LogP contribution in [-0.2, 0) is 14.3 Å². The van der Waals surface area contributed by atoms with E-state index in [0.29, 0.717) is 6.07 Å². The molecule has 0 heterocycles. The molecule has 9 nitrogen and oxygen atoms in total. The van der Waals surface area contributed by atoms with Crippen molar-refractivity contribution in [1.29, 1.82) is 0 Å². The first-order valence-corrected chi connectivity index (χ1v) is 8.26.